The summed E-state index contributed by atoms with van der Waals surface area (Å²) in [6.45, 7) is 5.90. The molecule has 0 saturated heterocycles. The van der Waals surface area contributed by atoms with E-state index in [4.69, 9.17) is 0 Å². The molecule has 0 aromatic heterocycles. The summed E-state index contributed by atoms with van der Waals surface area (Å²) in [5.41, 5.74) is 1.12. The van der Waals surface area contributed by atoms with Gasteiger partial charge in [-0.1, -0.05) is 6.08 Å². The maximum Gasteiger partial charge on any atom is 0.124 e. The Kier molecular flexibility index (Phi) is 2.65. The predicted octanol–water partition coefficient (Wildman–Crippen LogP) is 1.78. The molecule has 0 N–H and O–H groups in total. The second-order valence-electron chi connectivity index (χ2n) is 3.00. The molecule has 0 aliphatic heterocycles. The second-order valence-corrected chi connectivity index (χ2v) is 3.00. The summed E-state index contributed by atoms with van der Waals surface area (Å²) in [4.78, 5) is 0. The maximum atomic E-state index is 3.90. The normalized spacial score (nSPS) is 12.4. The molecule has 0 radical (unpaired) electrons. The lowest BCUT2D eigenvalue weighted by Crippen LogP contribution is -2.31. The smallest absolute Gasteiger partial charge is 0.124 e. The van der Waals surface area contributed by atoms with E-state index in [0.717, 1.165) is 10.2 Å². The van der Waals surface area contributed by atoms with E-state index in [1.807, 2.05) is 19.1 Å². The summed E-state index contributed by atoms with van der Waals surface area (Å²) in [6.07, 6.45) is 4.03. The van der Waals surface area contributed by atoms with Crippen molar-refractivity contribution in [3.63, 3.8) is 0 Å². The predicted molar refractivity (Wildman–Crippen MR) is 42.0 cm³/mol. The van der Waals surface area contributed by atoms with Crippen molar-refractivity contribution in [2.75, 3.05) is 21.1 Å². The molecule has 0 aliphatic carbocycles. The van der Waals surface area contributed by atoms with Crippen molar-refractivity contribution in [1.82, 2.24) is 0 Å². The van der Waals surface area contributed by atoms with E-state index in [-0.39, 0.29) is 0 Å². The van der Waals surface area contributed by atoms with Crippen LogP contribution in [0, 0.1) is 0 Å². The van der Waals surface area contributed by atoms with Gasteiger partial charge in [0.05, 0.1) is 21.1 Å². The SMILES string of the molecule is C=C(/C=C\C)[N+](C)(C)C. The molecule has 0 unspecified atom stereocenters. The van der Waals surface area contributed by atoms with Crippen molar-refractivity contribution < 1.29 is 4.48 Å². The minimum Gasteiger partial charge on any atom is -0.299 e. The number of allylic oxidation sites excluding steroid dienone is 2. The van der Waals surface area contributed by atoms with E-state index in [9.17, 15) is 0 Å². The molecular formula is C8H16N+. The zero-order valence-electron chi connectivity index (χ0n) is 6.81. The van der Waals surface area contributed by atoms with Crippen molar-refractivity contribution in [3.8, 4) is 0 Å². The quantitative estimate of drug-likeness (QED) is 0.391. The standard InChI is InChI=1S/C8H16N/c1-6-7-8(2)9(3,4)5/h6-7H,2H2,1,3-5H3/q+1/b7-6-. The molecule has 0 heterocycles. The summed E-state index contributed by atoms with van der Waals surface area (Å²) >= 11 is 0. The van der Waals surface area contributed by atoms with Crippen molar-refractivity contribution in [3.05, 3.63) is 24.4 Å². The van der Waals surface area contributed by atoms with Crippen molar-refractivity contribution >= 4 is 0 Å². The Morgan fingerprint density at radius 2 is 1.78 bits per heavy atom. The highest BCUT2D eigenvalue weighted by Crippen LogP contribution is 2.04. The topological polar surface area (TPSA) is 0 Å². The van der Waals surface area contributed by atoms with Gasteiger partial charge in [-0.25, -0.2) is 0 Å². The first-order valence-electron chi connectivity index (χ1n) is 3.12. The van der Waals surface area contributed by atoms with E-state index >= 15 is 0 Å². The highest BCUT2D eigenvalue weighted by molar-refractivity contribution is 5.05. The van der Waals surface area contributed by atoms with Gasteiger partial charge in [-0.3, -0.25) is 4.48 Å². The van der Waals surface area contributed by atoms with Gasteiger partial charge in [-0.15, -0.1) is 0 Å². The minimum atomic E-state index is 0.810. The molecule has 0 aromatic rings. The van der Waals surface area contributed by atoms with Crippen LogP contribution in [0.3, 0.4) is 0 Å². The third kappa shape index (κ3) is 3.09. The van der Waals surface area contributed by atoms with Crippen LogP contribution in [0.2, 0.25) is 0 Å². The van der Waals surface area contributed by atoms with Crippen LogP contribution in [0.1, 0.15) is 6.92 Å². The Labute approximate surface area is 57.9 Å². The fourth-order valence-corrected chi connectivity index (χ4v) is 0.416. The molecule has 0 atom stereocenters. The molecule has 52 valence electrons. The molecule has 0 rings (SSSR count). The summed E-state index contributed by atoms with van der Waals surface area (Å²) in [6, 6.07) is 0. The van der Waals surface area contributed by atoms with E-state index in [1.165, 1.54) is 0 Å². The first-order valence-corrected chi connectivity index (χ1v) is 3.12. The first-order chi connectivity index (χ1) is 3.98. The van der Waals surface area contributed by atoms with E-state index in [2.05, 4.69) is 27.7 Å². The van der Waals surface area contributed by atoms with Gasteiger partial charge in [0.25, 0.3) is 0 Å². The molecule has 0 amide bonds. The summed E-state index contributed by atoms with van der Waals surface area (Å²) in [5.74, 6) is 0. The number of quaternary nitrogens is 1. The van der Waals surface area contributed by atoms with Crippen molar-refractivity contribution in [2.24, 2.45) is 0 Å². The first kappa shape index (κ1) is 8.44. The molecule has 0 fully saturated rings. The Bertz CT molecular complexity index is 126. The molecule has 0 saturated carbocycles. The van der Waals surface area contributed by atoms with Crippen LogP contribution in [0.4, 0.5) is 0 Å². The van der Waals surface area contributed by atoms with Gasteiger partial charge in [0.15, 0.2) is 0 Å². The van der Waals surface area contributed by atoms with Crippen molar-refractivity contribution in [2.45, 2.75) is 6.92 Å². The zero-order valence-corrected chi connectivity index (χ0v) is 6.81. The van der Waals surface area contributed by atoms with Gasteiger partial charge in [0.1, 0.15) is 5.70 Å². The number of hydrogen-bond acceptors (Lipinski definition) is 0. The second kappa shape index (κ2) is 2.83. The van der Waals surface area contributed by atoms with Gasteiger partial charge in [0.2, 0.25) is 0 Å². The van der Waals surface area contributed by atoms with Crippen LogP contribution in [-0.2, 0) is 0 Å². The van der Waals surface area contributed by atoms with Crippen LogP contribution in [0.5, 0.6) is 0 Å². The molecule has 1 nitrogen and oxygen atoms in total. The fraction of sp³-hybridized carbons (Fsp3) is 0.500. The monoisotopic (exact) mass is 126 g/mol. The van der Waals surface area contributed by atoms with E-state index in [1.54, 1.807) is 0 Å². The lowest BCUT2D eigenvalue weighted by atomic mass is 10.3. The number of nitrogens with zero attached hydrogens (tertiary/aromatic N) is 1. The zero-order chi connectivity index (χ0) is 7.49. The molecule has 0 aromatic carbocycles. The Balaban J connectivity index is 4.06. The van der Waals surface area contributed by atoms with Gasteiger partial charge in [0, 0.05) is 0 Å². The van der Waals surface area contributed by atoms with Gasteiger partial charge in [-0.05, 0) is 19.6 Å². The number of hydrogen-bond donors (Lipinski definition) is 0. The third-order valence-electron chi connectivity index (χ3n) is 1.22. The Morgan fingerprint density at radius 3 is 1.89 bits per heavy atom. The largest absolute Gasteiger partial charge is 0.299 e. The van der Waals surface area contributed by atoms with Crippen LogP contribution in [0.15, 0.2) is 24.4 Å². The minimum absolute atomic E-state index is 0.810. The maximum absolute atomic E-state index is 3.90. The van der Waals surface area contributed by atoms with Gasteiger partial charge >= 0.3 is 0 Å². The summed E-state index contributed by atoms with van der Waals surface area (Å²) < 4.78 is 0.810. The molecule has 1 heteroatoms. The van der Waals surface area contributed by atoms with E-state index < -0.39 is 0 Å². The lowest BCUT2D eigenvalue weighted by Gasteiger charge is -2.23. The lowest BCUT2D eigenvalue weighted by molar-refractivity contribution is -0.827. The van der Waals surface area contributed by atoms with Crippen LogP contribution < -0.4 is 0 Å². The van der Waals surface area contributed by atoms with E-state index in [0.29, 0.717) is 0 Å². The fourth-order valence-electron chi connectivity index (χ4n) is 0.416. The highest BCUT2D eigenvalue weighted by atomic mass is 15.3. The summed E-state index contributed by atoms with van der Waals surface area (Å²) in [5, 5.41) is 0. The average molecular weight is 126 g/mol. The average Bonchev–Trinajstić information content (AvgIpc) is 1.64. The van der Waals surface area contributed by atoms with Gasteiger partial charge < -0.3 is 0 Å². The van der Waals surface area contributed by atoms with Gasteiger partial charge in [-0.2, -0.15) is 0 Å². The Hall–Kier alpha value is -0.560. The molecule has 9 heavy (non-hydrogen) atoms. The highest BCUT2D eigenvalue weighted by Gasteiger charge is 2.08. The third-order valence-corrected chi connectivity index (χ3v) is 1.22. The molecule has 0 spiro atoms. The molecule has 0 aliphatic rings. The van der Waals surface area contributed by atoms with Crippen LogP contribution in [0.25, 0.3) is 0 Å². The number of rotatable bonds is 2. The van der Waals surface area contributed by atoms with Crippen LogP contribution in [-0.4, -0.2) is 25.6 Å². The Morgan fingerprint density at radius 1 is 1.33 bits per heavy atom. The summed E-state index contributed by atoms with van der Waals surface area (Å²) in [7, 11) is 6.30. The number of likely N-dealkylation sites (N-methyl/N-ethyl adjacent to an activating group) is 1. The van der Waals surface area contributed by atoms with Crippen LogP contribution >= 0.6 is 0 Å². The van der Waals surface area contributed by atoms with Crippen molar-refractivity contribution in [1.29, 1.82) is 0 Å². The molecular weight excluding hydrogens is 110 g/mol. The molecule has 0 bridgehead atoms.